The Morgan fingerprint density at radius 3 is 1.55 bits per heavy atom. The summed E-state index contributed by atoms with van der Waals surface area (Å²) in [6, 6.07) is 65.3. The van der Waals surface area contributed by atoms with E-state index in [1.54, 1.807) is 0 Å². The van der Waals surface area contributed by atoms with Crippen LogP contribution in [0.5, 0.6) is 0 Å². The normalized spacial score (nSPS) is 11.2. The second kappa shape index (κ2) is 13.0. The summed E-state index contributed by atoms with van der Waals surface area (Å²) in [5, 5.41) is 4.98. The van der Waals surface area contributed by atoms with Gasteiger partial charge in [-0.25, -0.2) is 4.98 Å². The van der Waals surface area contributed by atoms with Gasteiger partial charge >= 0.3 is 0 Å². The van der Waals surface area contributed by atoms with Crippen LogP contribution < -0.4 is 0 Å². The number of hydrogen-bond acceptors (Lipinski definition) is 2. The highest BCUT2D eigenvalue weighted by Gasteiger charge is 2.15. The second-order valence-electron chi connectivity index (χ2n) is 13.1. The van der Waals surface area contributed by atoms with E-state index in [1.165, 1.54) is 27.1 Å². The topological polar surface area (TPSA) is 25.8 Å². The van der Waals surface area contributed by atoms with Gasteiger partial charge < -0.3 is 0 Å². The lowest BCUT2D eigenvalue weighted by Crippen LogP contribution is -1.93. The predicted octanol–water partition coefficient (Wildman–Crippen LogP) is 13.1. The first kappa shape index (κ1) is 30.4. The Hall–Kier alpha value is -6.64. The minimum Gasteiger partial charge on any atom is -0.261 e. The van der Waals surface area contributed by atoms with Crippen LogP contribution in [-0.4, -0.2) is 9.97 Å². The maximum absolute atomic E-state index is 5.34. The predicted molar refractivity (Wildman–Crippen MR) is 214 cm³/mol. The molecule has 0 saturated heterocycles. The van der Waals surface area contributed by atoms with Gasteiger partial charge in [0.25, 0.3) is 0 Å². The van der Waals surface area contributed by atoms with Crippen molar-refractivity contribution in [2.45, 2.75) is 6.92 Å². The highest BCUT2D eigenvalue weighted by Crippen LogP contribution is 2.40. The summed E-state index contributed by atoms with van der Waals surface area (Å²) < 4.78 is 0. The standard InChI is InChI=1S/C49H34N2/c1-33-20-21-39(32-50-33)35-22-24-36(25-23-35)40-26-42(47-29-38-16-8-9-17-44(38)45-18-10-11-19-46(45)47)28-43(27-40)49-31-41(34-12-4-2-5-13-34)30-48(51-49)37-14-6-3-7-15-37/h2-32H,1H3. The van der Waals surface area contributed by atoms with Crippen molar-refractivity contribution in [2.75, 3.05) is 0 Å². The number of fused-ring (bicyclic) bond motifs is 3. The molecule has 0 aliphatic carbocycles. The average Bonchev–Trinajstić information content (AvgIpc) is 3.21. The molecule has 0 aliphatic heterocycles. The first-order valence-corrected chi connectivity index (χ1v) is 17.4. The van der Waals surface area contributed by atoms with Crippen molar-refractivity contribution in [3.8, 4) is 67.0 Å². The van der Waals surface area contributed by atoms with Crippen molar-refractivity contribution in [2.24, 2.45) is 0 Å². The van der Waals surface area contributed by atoms with Gasteiger partial charge in [0, 0.05) is 28.6 Å². The van der Waals surface area contributed by atoms with E-state index < -0.39 is 0 Å². The molecule has 0 saturated carbocycles. The third-order valence-corrected chi connectivity index (χ3v) is 9.77. The van der Waals surface area contributed by atoms with Crippen molar-refractivity contribution in [3.05, 3.63) is 194 Å². The number of pyridine rings is 2. The molecule has 0 atom stereocenters. The molecule has 9 aromatic rings. The summed E-state index contributed by atoms with van der Waals surface area (Å²) in [4.78, 5) is 9.86. The first-order valence-electron chi connectivity index (χ1n) is 17.4. The molecule has 2 nitrogen and oxygen atoms in total. The SMILES string of the molecule is Cc1ccc(-c2ccc(-c3cc(-c4cc(-c5ccccc5)cc(-c5ccccc5)n4)cc(-c4cc5ccccc5c5ccccc45)c3)cc2)cn1. The number of hydrogen-bond donors (Lipinski definition) is 0. The zero-order chi connectivity index (χ0) is 34.1. The van der Waals surface area contributed by atoms with E-state index in [0.717, 1.165) is 67.2 Å². The zero-order valence-electron chi connectivity index (χ0n) is 28.3. The van der Waals surface area contributed by atoms with Gasteiger partial charge in [0.2, 0.25) is 0 Å². The number of aromatic nitrogens is 2. The second-order valence-corrected chi connectivity index (χ2v) is 13.1. The Bertz CT molecular complexity index is 2600. The van der Waals surface area contributed by atoms with Gasteiger partial charge in [-0.3, -0.25) is 4.98 Å². The molecule has 0 bridgehead atoms. The lowest BCUT2D eigenvalue weighted by molar-refractivity contribution is 1.20. The van der Waals surface area contributed by atoms with Gasteiger partial charge in [0.1, 0.15) is 0 Å². The largest absolute Gasteiger partial charge is 0.261 e. The summed E-state index contributed by atoms with van der Waals surface area (Å²) in [5.41, 5.74) is 14.3. The molecule has 2 heterocycles. The third kappa shape index (κ3) is 5.98. The van der Waals surface area contributed by atoms with Crippen LogP contribution in [0.15, 0.2) is 188 Å². The average molecular weight is 651 g/mol. The Kier molecular flexibility index (Phi) is 7.75. The van der Waals surface area contributed by atoms with Crippen molar-refractivity contribution in [1.29, 1.82) is 0 Å². The fourth-order valence-electron chi connectivity index (χ4n) is 7.12. The Balaban J connectivity index is 1.27. The van der Waals surface area contributed by atoms with Crippen molar-refractivity contribution >= 4 is 21.5 Å². The smallest absolute Gasteiger partial charge is 0.0716 e. The van der Waals surface area contributed by atoms with Gasteiger partial charge in [0.05, 0.1) is 11.4 Å². The fraction of sp³-hybridized carbons (Fsp3) is 0.0204. The maximum atomic E-state index is 5.34. The van der Waals surface area contributed by atoms with Crippen LogP contribution in [0.3, 0.4) is 0 Å². The molecule has 9 rings (SSSR count). The minimum absolute atomic E-state index is 0.936. The van der Waals surface area contributed by atoms with E-state index in [0.29, 0.717) is 0 Å². The van der Waals surface area contributed by atoms with Crippen LogP contribution in [0.2, 0.25) is 0 Å². The molecule has 0 aliphatic rings. The lowest BCUT2D eigenvalue weighted by Gasteiger charge is -2.16. The number of rotatable bonds is 6. The highest BCUT2D eigenvalue weighted by molar-refractivity contribution is 6.14. The molecule has 0 amide bonds. The van der Waals surface area contributed by atoms with Crippen molar-refractivity contribution < 1.29 is 0 Å². The van der Waals surface area contributed by atoms with Crippen LogP contribution in [0.1, 0.15) is 5.69 Å². The molecule has 0 spiro atoms. The van der Waals surface area contributed by atoms with Crippen LogP contribution in [0.25, 0.3) is 88.6 Å². The molecular weight excluding hydrogens is 617 g/mol. The zero-order valence-corrected chi connectivity index (χ0v) is 28.3. The van der Waals surface area contributed by atoms with E-state index in [9.17, 15) is 0 Å². The highest BCUT2D eigenvalue weighted by atomic mass is 14.7. The molecule has 0 radical (unpaired) electrons. The van der Waals surface area contributed by atoms with Gasteiger partial charge in [-0.05, 0) is 110 Å². The van der Waals surface area contributed by atoms with Gasteiger partial charge in [-0.15, -0.1) is 0 Å². The maximum Gasteiger partial charge on any atom is 0.0716 e. The van der Waals surface area contributed by atoms with Crippen LogP contribution in [0.4, 0.5) is 0 Å². The van der Waals surface area contributed by atoms with Gasteiger partial charge in [-0.2, -0.15) is 0 Å². The summed E-state index contributed by atoms with van der Waals surface area (Å²) in [5.74, 6) is 0. The van der Waals surface area contributed by atoms with Gasteiger partial charge in [0.15, 0.2) is 0 Å². The summed E-state index contributed by atoms with van der Waals surface area (Å²) in [6.45, 7) is 2.02. The van der Waals surface area contributed by atoms with Crippen LogP contribution >= 0.6 is 0 Å². The number of benzene rings is 7. The quantitative estimate of drug-likeness (QED) is 0.167. The molecule has 51 heavy (non-hydrogen) atoms. The summed E-state index contributed by atoms with van der Waals surface area (Å²) in [7, 11) is 0. The van der Waals surface area contributed by atoms with Crippen LogP contribution in [-0.2, 0) is 0 Å². The molecule has 0 fully saturated rings. The van der Waals surface area contributed by atoms with E-state index in [1.807, 2.05) is 13.1 Å². The summed E-state index contributed by atoms with van der Waals surface area (Å²) in [6.07, 6.45) is 1.95. The minimum atomic E-state index is 0.936. The molecule has 2 aromatic heterocycles. The van der Waals surface area contributed by atoms with E-state index in [-0.39, 0.29) is 0 Å². The van der Waals surface area contributed by atoms with E-state index in [4.69, 9.17) is 4.98 Å². The van der Waals surface area contributed by atoms with Crippen molar-refractivity contribution in [3.63, 3.8) is 0 Å². The molecule has 240 valence electrons. The molecule has 7 aromatic carbocycles. The molecule has 0 unspecified atom stereocenters. The number of aryl methyl sites for hydroxylation is 1. The third-order valence-electron chi connectivity index (χ3n) is 9.77. The Labute approximate surface area is 298 Å². The van der Waals surface area contributed by atoms with E-state index in [2.05, 4.69) is 187 Å². The van der Waals surface area contributed by atoms with Gasteiger partial charge in [-0.1, -0.05) is 140 Å². The van der Waals surface area contributed by atoms with Crippen LogP contribution in [0, 0.1) is 6.92 Å². The Morgan fingerprint density at radius 2 is 0.843 bits per heavy atom. The fourth-order valence-corrected chi connectivity index (χ4v) is 7.12. The Morgan fingerprint density at radius 1 is 0.333 bits per heavy atom. The first-order chi connectivity index (χ1) is 25.2. The molecule has 0 N–H and O–H groups in total. The number of nitrogens with zero attached hydrogens (tertiary/aromatic N) is 2. The summed E-state index contributed by atoms with van der Waals surface area (Å²) >= 11 is 0. The van der Waals surface area contributed by atoms with E-state index >= 15 is 0 Å². The monoisotopic (exact) mass is 650 g/mol. The molecule has 2 heteroatoms. The lowest BCUT2D eigenvalue weighted by atomic mass is 9.89. The van der Waals surface area contributed by atoms with Crippen molar-refractivity contribution in [1.82, 2.24) is 9.97 Å². The molecular formula is C49H34N2.